The van der Waals surface area contributed by atoms with Gasteiger partial charge in [0.2, 0.25) is 0 Å². The number of allylic oxidation sites excluding steroid dienone is 5. The van der Waals surface area contributed by atoms with Crippen molar-refractivity contribution in [3.8, 4) is 6.07 Å². The minimum atomic E-state index is 0.513. The normalized spacial score (nSPS) is 10.9. The third kappa shape index (κ3) is 8.83. The molecule has 16 heavy (non-hydrogen) atoms. The summed E-state index contributed by atoms with van der Waals surface area (Å²) >= 11 is 0. The van der Waals surface area contributed by atoms with E-state index in [1.165, 1.54) is 0 Å². The second-order valence-electron chi connectivity index (χ2n) is 3.28. The second-order valence-corrected chi connectivity index (χ2v) is 3.28. The van der Waals surface area contributed by atoms with Crippen molar-refractivity contribution in [1.82, 2.24) is 0 Å². The average molecular weight is 218 g/mol. The molecule has 2 N–H and O–H groups in total. The zero-order chi connectivity index (χ0) is 13.1. The zero-order valence-corrected chi connectivity index (χ0v) is 10.8. The van der Waals surface area contributed by atoms with Gasteiger partial charge < -0.3 is 5.73 Å². The minimum absolute atomic E-state index is 0.513. The van der Waals surface area contributed by atoms with Crippen LogP contribution in [0.25, 0.3) is 0 Å². The molecule has 0 atom stereocenters. The lowest BCUT2D eigenvalue weighted by Crippen LogP contribution is -1.98. The molecule has 0 aromatic carbocycles. The minimum Gasteiger partial charge on any atom is -0.399 e. The highest BCUT2D eigenvalue weighted by Crippen LogP contribution is 2.12. The molecule has 0 aliphatic carbocycles. The molecule has 0 amide bonds. The SMILES string of the molecule is C=C(N)C(=C)C/C(C)=C/C=C(\C)C#N.CC. The smallest absolute Gasteiger partial charge is 0.0944 e. The number of hydrogen-bond acceptors (Lipinski definition) is 2. The van der Waals surface area contributed by atoms with Gasteiger partial charge in [-0.2, -0.15) is 5.26 Å². The Morgan fingerprint density at radius 3 is 2.12 bits per heavy atom. The summed E-state index contributed by atoms with van der Waals surface area (Å²) in [6, 6.07) is 2.05. The Balaban J connectivity index is 0. The molecule has 88 valence electrons. The van der Waals surface area contributed by atoms with Gasteiger partial charge in [0, 0.05) is 11.3 Å². The van der Waals surface area contributed by atoms with E-state index in [4.69, 9.17) is 11.0 Å². The number of hydrogen-bond donors (Lipinski definition) is 1. The largest absolute Gasteiger partial charge is 0.399 e. The molecular weight excluding hydrogens is 196 g/mol. The molecule has 0 aliphatic heterocycles. The highest BCUT2D eigenvalue weighted by atomic mass is 14.6. The van der Waals surface area contributed by atoms with Crippen LogP contribution in [0, 0.1) is 11.3 Å². The summed E-state index contributed by atoms with van der Waals surface area (Å²) in [7, 11) is 0. The first kappa shape index (κ1) is 16.7. The van der Waals surface area contributed by atoms with Crippen molar-refractivity contribution in [3.05, 3.63) is 47.7 Å². The topological polar surface area (TPSA) is 49.8 Å². The summed E-state index contributed by atoms with van der Waals surface area (Å²) < 4.78 is 0. The molecule has 0 bridgehead atoms. The van der Waals surface area contributed by atoms with E-state index in [0.717, 1.165) is 11.1 Å². The van der Waals surface area contributed by atoms with E-state index in [9.17, 15) is 0 Å². The van der Waals surface area contributed by atoms with E-state index in [1.807, 2.05) is 32.9 Å². The van der Waals surface area contributed by atoms with Crippen LogP contribution in [0.5, 0.6) is 0 Å². The predicted octanol–water partition coefficient (Wildman–Crippen LogP) is 3.85. The second kappa shape index (κ2) is 9.79. The fourth-order valence-corrected chi connectivity index (χ4v) is 0.814. The van der Waals surface area contributed by atoms with Gasteiger partial charge in [-0.15, -0.1) is 0 Å². The summed E-state index contributed by atoms with van der Waals surface area (Å²) in [6.45, 7) is 15.1. The molecule has 0 spiro atoms. The van der Waals surface area contributed by atoms with Crippen LogP contribution in [0.15, 0.2) is 47.7 Å². The Bertz CT molecular complexity index is 338. The third-order valence-electron chi connectivity index (χ3n) is 1.74. The standard InChI is InChI=1S/C12H16N2.C2H6/c1-9(5-6-10(2)8-13)7-11(3)12(4)14;1-2/h5-6H,3-4,7,14H2,1-2H3;1-2H3/b9-5+,10-6+;. The summed E-state index contributed by atoms with van der Waals surface area (Å²) in [5.74, 6) is 0. The van der Waals surface area contributed by atoms with E-state index in [-0.39, 0.29) is 0 Å². The van der Waals surface area contributed by atoms with Crippen LogP contribution < -0.4 is 5.73 Å². The Hall–Kier alpha value is -1.75. The van der Waals surface area contributed by atoms with E-state index in [1.54, 1.807) is 13.0 Å². The van der Waals surface area contributed by atoms with Crippen LogP contribution in [-0.2, 0) is 0 Å². The zero-order valence-electron chi connectivity index (χ0n) is 10.8. The number of nitriles is 1. The van der Waals surface area contributed by atoms with Gasteiger partial charge in [0.05, 0.1) is 6.07 Å². The Kier molecular flexibility index (Phi) is 10.2. The molecule has 2 heteroatoms. The van der Waals surface area contributed by atoms with Gasteiger partial charge in [0.25, 0.3) is 0 Å². The summed E-state index contributed by atoms with van der Waals surface area (Å²) in [4.78, 5) is 0. The quantitative estimate of drug-likeness (QED) is 0.575. The third-order valence-corrected chi connectivity index (χ3v) is 1.74. The number of rotatable bonds is 4. The Morgan fingerprint density at radius 1 is 1.25 bits per heavy atom. The van der Waals surface area contributed by atoms with E-state index in [0.29, 0.717) is 17.7 Å². The van der Waals surface area contributed by atoms with Crippen LogP contribution in [-0.4, -0.2) is 0 Å². The van der Waals surface area contributed by atoms with Crippen molar-refractivity contribution in [2.24, 2.45) is 5.73 Å². The summed E-state index contributed by atoms with van der Waals surface area (Å²) in [5, 5.41) is 8.52. The lowest BCUT2D eigenvalue weighted by Gasteiger charge is -2.03. The number of nitrogens with zero attached hydrogens (tertiary/aromatic N) is 1. The monoisotopic (exact) mass is 218 g/mol. The lowest BCUT2D eigenvalue weighted by atomic mass is 10.1. The van der Waals surface area contributed by atoms with Gasteiger partial charge in [-0.25, -0.2) is 0 Å². The molecular formula is C14H22N2. The van der Waals surface area contributed by atoms with Crippen LogP contribution in [0.1, 0.15) is 34.1 Å². The number of nitrogens with two attached hydrogens (primary N) is 1. The van der Waals surface area contributed by atoms with Crippen molar-refractivity contribution < 1.29 is 0 Å². The maximum Gasteiger partial charge on any atom is 0.0944 e. The van der Waals surface area contributed by atoms with Crippen molar-refractivity contribution in [2.45, 2.75) is 34.1 Å². The maximum absolute atomic E-state index is 8.52. The van der Waals surface area contributed by atoms with E-state index in [2.05, 4.69) is 13.2 Å². The van der Waals surface area contributed by atoms with Crippen LogP contribution >= 0.6 is 0 Å². The average Bonchev–Trinajstić information content (AvgIpc) is 2.28. The van der Waals surface area contributed by atoms with Gasteiger partial charge in [-0.3, -0.25) is 0 Å². The van der Waals surface area contributed by atoms with Crippen LogP contribution in [0.4, 0.5) is 0 Å². The Labute approximate surface area is 99.5 Å². The predicted molar refractivity (Wildman–Crippen MR) is 71.6 cm³/mol. The molecule has 0 radical (unpaired) electrons. The Morgan fingerprint density at radius 2 is 1.75 bits per heavy atom. The fourth-order valence-electron chi connectivity index (χ4n) is 0.814. The molecule has 0 aromatic rings. The molecule has 0 heterocycles. The van der Waals surface area contributed by atoms with Gasteiger partial charge in [0.1, 0.15) is 0 Å². The van der Waals surface area contributed by atoms with Gasteiger partial charge in [-0.1, -0.05) is 38.7 Å². The first-order valence-electron chi connectivity index (χ1n) is 5.34. The molecule has 0 rings (SSSR count). The lowest BCUT2D eigenvalue weighted by molar-refractivity contribution is 1.11. The van der Waals surface area contributed by atoms with Gasteiger partial charge >= 0.3 is 0 Å². The highest BCUT2D eigenvalue weighted by Gasteiger charge is 1.96. The van der Waals surface area contributed by atoms with Crippen LogP contribution in [0.2, 0.25) is 0 Å². The van der Waals surface area contributed by atoms with Crippen molar-refractivity contribution >= 4 is 0 Å². The van der Waals surface area contributed by atoms with E-state index < -0.39 is 0 Å². The highest BCUT2D eigenvalue weighted by molar-refractivity contribution is 5.30. The maximum atomic E-state index is 8.52. The molecule has 0 fully saturated rings. The van der Waals surface area contributed by atoms with E-state index >= 15 is 0 Å². The van der Waals surface area contributed by atoms with Gasteiger partial charge in [0.15, 0.2) is 0 Å². The van der Waals surface area contributed by atoms with Crippen LogP contribution in [0.3, 0.4) is 0 Å². The summed E-state index contributed by atoms with van der Waals surface area (Å²) in [6.07, 6.45) is 4.37. The van der Waals surface area contributed by atoms with Crippen molar-refractivity contribution in [2.75, 3.05) is 0 Å². The summed E-state index contributed by atoms with van der Waals surface area (Å²) in [5.41, 5.74) is 8.60. The molecule has 2 nitrogen and oxygen atoms in total. The first-order valence-corrected chi connectivity index (χ1v) is 5.34. The van der Waals surface area contributed by atoms with Crippen molar-refractivity contribution in [1.29, 1.82) is 5.26 Å². The molecule has 0 aromatic heterocycles. The first-order chi connectivity index (χ1) is 7.47. The molecule has 0 saturated carbocycles. The van der Waals surface area contributed by atoms with Gasteiger partial charge in [-0.05, 0) is 31.9 Å². The van der Waals surface area contributed by atoms with Crippen molar-refractivity contribution in [3.63, 3.8) is 0 Å². The molecule has 0 saturated heterocycles. The fraction of sp³-hybridized carbons (Fsp3) is 0.357. The molecule has 0 aliphatic rings. The molecule has 0 unspecified atom stereocenters.